The third-order valence-corrected chi connectivity index (χ3v) is 11.4. The van der Waals surface area contributed by atoms with E-state index in [1.807, 2.05) is 55.5 Å². The van der Waals surface area contributed by atoms with Gasteiger partial charge in [-0.05, 0) is 61.0 Å². The normalized spacial score (nSPS) is 13.9. The molecule has 0 bridgehead atoms. The molecule has 3 aromatic carbocycles. The Morgan fingerprint density at radius 2 is 1.73 bits per heavy atom. The Morgan fingerprint density at radius 3 is 2.46 bits per heavy atom. The molecule has 0 fully saturated rings. The number of rotatable bonds is 8. The van der Waals surface area contributed by atoms with E-state index < -0.39 is 10.0 Å². The number of thiophene rings is 1. The second-order valence-electron chi connectivity index (χ2n) is 10.1. The molecule has 3 heterocycles. The number of fused-ring (bicyclic) bond motifs is 2. The molecular formula is C31H30N4O3S3. The van der Waals surface area contributed by atoms with Crippen molar-refractivity contribution >= 4 is 53.8 Å². The van der Waals surface area contributed by atoms with E-state index in [1.165, 1.54) is 26.9 Å². The molecule has 0 atom stereocenters. The Labute approximate surface area is 248 Å². The van der Waals surface area contributed by atoms with Crippen molar-refractivity contribution in [1.29, 1.82) is 0 Å². The Kier molecular flexibility index (Phi) is 7.76. The van der Waals surface area contributed by atoms with Gasteiger partial charge in [-0.15, -0.1) is 22.7 Å². The lowest BCUT2D eigenvalue weighted by Gasteiger charge is -2.22. The predicted octanol–water partition coefficient (Wildman–Crippen LogP) is 6.48. The number of para-hydroxylation sites is 1. The summed E-state index contributed by atoms with van der Waals surface area (Å²) in [7, 11) is -1.62. The van der Waals surface area contributed by atoms with E-state index in [4.69, 9.17) is 4.98 Å². The lowest BCUT2D eigenvalue weighted by Crippen LogP contribution is -2.30. The topological polar surface area (TPSA) is 82.6 Å². The van der Waals surface area contributed by atoms with E-state index in [2.05, 4.69) is 23.3 Å². The lowest BCUT2D eigenvalue weighted by atomic mass is 10.0. The quantitative estimate of drug-likeness (QED) is 0.220. The molecule has 10 heteroatoms. The van der Waals surface area contributed by atoms with Crippen LogP contribution in [0, 0.1) is 0 Å². The highest BCUT2D eigenvalue weighted by molar-refractivity contribution is 7.89. The zero-order valence-corrected chi connectivity index (χ0v) is 25.3. The summed E-state index contributed by atoms with van der Waals surface area (Å²) >= 11 is 3.23. The summed E-state index contributed by atoms with van der Waals surface area (Å²) in [6.45, 7) is 4.23. The first-order valence-corrected chi connectivity index (χ1v) is 16.6. The number of sulfonamides is 1. The molecule has 2 aromatic heterocycles. The first-order valence-electron chi connectivity index (χ1n) is 13.5. The van der Waals surface area contributed by atoms with Crippen LogP contribution in [0.3, 0.4) is 0 Å². The number of carbonyl (C=O) groups is 1. The fourth-order valence-corrected chi connectivity index (χ4v) is 8.95. The zero-order chi connectivity index (χ0) is 28.6. The van der Waals surface area contributed by atoms with Crippen LogP contribution in [-0.4, -0.2) is 48.7 Å². The van der Waals surface area contributed by atoms with Crippen molar-refractivity contribution in [3.8, 4) is 10.6 Å². The van der Waals surface area contributed by atoms with Gasteiger partial charge in [-0.3, -0.25) is 4.79 Å². The minimum Gasteiger partial charge on any atom is -0.313 e. The van der Waals surface area contributed by atoms with Gasteiger partial charge in [-0.2, -0.15) is 4.31 Å². The van der Waals surface area contributed by atoms with Gasteiger partial charge >= 0.3 is 0 Å². The van der Waals surface area contributed by atoms with Crippen molar-refractivity contribution < 1.29 is 13.2 Å². The number of hydrogen-bond acceptors (Lipinski definition) is 7. The van der Waals surface area contributed by atoms with Gasteiger partial charge < -0.3 is 10.2 Å². The lowest BCUT2D eigenvalue weighted by molar-refractivity contribution is 0.102. The Morgan fingerprint density at radius 1 is 1.00 bits per heavy atom. The van der Waals surface area contributed by atoms with Gasteiger partial charge in [-0.25, -0.2) is 13.4 Å². The Balaban J connectivity index is 1.27. The summed E-state index contributed by atoms with van der Waals surface area (Å²) in [6.07, 6.45) is 0.896. The van der Waals surface area contributed by atoms with Crippen LogP contribution in [0.4, 0.5) is 5.00 Å². The number of carbonyl (C=O) groups excluding carboxylic acids is 1. The van der Waals surface area contributed by atoms with Gasteiger partial charge in [0.25, 0.3) is 5.91 Å². The largest absolute Gasteiger partial charge is 0.313 e. The van der Waals surface area contributed by atoms with E-state index in [1.54, 1.807) is 34.8 Å². The van der Waals surface area contributed by atoms with Crippen molar-refractivity contribution in [2.75, 3.05) is 25.5 Å². The van der Waals surface area contributed by atoms with Crippen LogP contribution in [0.2, 0.25) is 0 Å². The Bertz CT molecular complexity index is 1780. The molecule has 41 heavy (non-hydrogen) atoms. The zero-order valence-electron chi connectivity index (χ0n) is 22.8. The van der Waals surface area contributed by atoms with Gasteiger partial charge in [0.05, 0.1) is 15.1 Å². The molecule has 1 N–H and O–H groups in total. The second kappa shape index (κ2) is 11.5. The third-order valence-electron chi connectivity index (χ3n) is 7.29. The van der Waals surface area contributed by atoms with Gasteiger partial charge in [0.2, 0.25) is 10.0 Å². The number of likely N-dealkylation sites (N-methyl/N-ethyl adjacent to an activating group) is 1. The molecule has 210 valence electrons. The van der Waals surface area contributed by atoms with Crippen molar-refractivity contribution in [2.45, 2.75) is 31.3 Å². The fraction of sp³-hybridized carbons (Fsp3) is 0.226. The van der Waals surface area contributed by atoms with Crippen LogP contribution >= 0.6 is 22.7 Å². The van der Waals surface area contributed by atoms with Crippen molar-refractivity contribution in [1.82, 2.24) is 14.2 Å². The summed E-state index contributed by atoms with van der Waals surface area (Å²) in [5, 5.41) is 4.82. The van der Waals surface area contributed by atoms with E-state index >= 15 is 0 Å². The first-order chi connectivity index (χ1) is 19.8. The molecule has 0 unspecified atom stereocenters. The maximum atomic E-state index is 13.4. The molecule has 1 aliphatic heterocycles. The molecule has 0 saturated heterocycles. The number of benzene rings is 3. The highest BCUT2D eigenvalue weighted by Gasteiger charge is 2.28. The summed E-state index contributed by atoms with van der Waals surface area (Å²) in [4.78, 5) is 22.0. The van der Waals surface area contributed by atoms with Crippen LogP contribution in [0.1, 0.15) is 33.3 Å². The third kappa shape index (κ3) is 5.58. The highest BCUT2D eigenvalue weighted by atomic mass is 32.2. The summed E-state index contributed by atoms with van der Waals surface area (Å²) in [6, 6.07) is 23.8. The summed E-state index contributed by atoms with van der Waals surface area (Å²) in [5.41, 5.74) is 4.52. The molecule has 0 aliphatic carbocycles. The van der Waals surface area contributed by atoms with Crippen LogP contribution < -0.4 is 5.32 Å². The van der Waals surface area contributed by atoms with Crippen molar-refractivity contribution in [2.24, 2.45) is 0 Å². The van der Waals surface area contributed by atoms with Gasteiger partial charge in [0, 0.05) is 42.2 Å². The second-order valence-corrected chi connectivity index (χ2v) is 14.2. The van der Waals surface area contributed by atoms with Gasteiger partial charge in [0.15, 0.2) is 0 Å². The maximum Gasteiger partial charge on any atom is 0.256 e. The maximum absolute atomic E-state index is 13.4. The van der Waals surface area contributed by atoms with Crippen molar-refractivity contribution in [3.63, 3.8) is 0 Å². The predicted molar refractivity (Wildman–Crippen MR) is 167 cm³/mol. The minimum absolute atomic E-state index is 0.164. The molecule has 1 aliphatic rings. The summed E-state index contributed by atoms with van der Waals surface area (Å²) < 4.78 is 29.3. The standard InChI is InChI=1S/C31H30N4O3S3/c1-3-35(19-21-9-5-4-6-10-21)41(37,38)23-15-13-22(14-16-23)29(36)33-31-28(24-17-18-34(2)20-27(24)40-31)30-32-25-11-7-8-12-26(25)39-30/h4-16H,3,17-20H2,1-2H3,(H,33,36). The number of thiazole rings is 1. The van der Waals surface area contributed by atoms with E-state index in [9.17, 15) is 13.2 Å². The van der Waals surface area contributed by atoms with Crippen LogP contribution in [0.5, 0.6) is 0 Å². The van der Waals surface area contributed by atoms with Gasteiger partial charge in [0.1, 0.15) is 10.0 Å². The SMILES string of the molecule is CCN(Cc1ccccc1)S(=O)(=O)c1ccc(C(=O)Nc2sc3c(c2-c2nc4ccccc4s2)CCN(C)C3)cc1. The first kappa shape index (κ1) is 27.7. The van der Waals surface area contributed by atoms with E-state index in [0.717, 1.165) is 50.9 Å². The molecule has 5 aromatic rings. The number of anilines is 1. The molecule has 0 spiro atoms. The van der Waals surface area contributed by atoms with Crippen LogP contribution in [0.25, 0.3) is 20.8 Å². The molecular weight excluding hydrogens is 573 g/mol. The molecule has 7 nitrogen and oxygen atoms in total. The average molecular weight is 603 g/mol. The number of hydrogen-bond donors (Lipinski definition) is 1. The number of amides is 1. The molecule has 6 rings (SSSR count). The minimum atomic E-state index is -3.72. The Hall–Kier alpha value is -3.41. The number of nitrogens with zero attached hydrogens (tertiary/aromatic N) is 3. The fourth-order valence-electron chi connectivity index (χ4n) is 5.08. The molecule has 0 saturated carbocycles. The number of nitrogens with one attached hydrogen (secondary N) is 1. The highest BCUT2D eigenvalue weighted by Crippen LogP contribution is 2.45. The van der Waals surface area contributed by atoms with E-state index in [-0.39, 0.29) is 17.3 Å². The average Bonchev–Trinajstić information content (AvgIpc) is 3.56. The smallest absolute Gasteiger partial charge is 0.256 e. The molecule has 1 amide bonds. The monoisotopic (exact) mass is 602 g/mol. The summed E-state index contributed by atoms with van der Waals surface area (Å²) in [5.74, 6) is -0.278. The molecule has 0 radical (unpaired) electrons. The number of aromatic nitrogens is 1. The van der Waals surface area contributed by atoms with Gasteiger partial charge in [-0.1, -0.05) is 49.4 Å². The van der Waals surface area contributed by atoms with Crippen molar-refractivity contribution in [3.05, 3.63) is 100 Å². The van der Waals surface area contributed by atoms with Crippen LogP contribution in [-0.2, 0) is 29.5 Å². The van der Waals surface area contributed by atoms with E-state index in [0.29, 0.717) is 12.1 Å². The van der Waals surface area contributed by atoms with Crippen LogP contribution in [0.15, 0.2) is 83.8 Å².